The van der Waals surface area contributed by atoms with Crippen molar-refractivity contribution in [2.45, 2.75) is 26.4 Å². The molecule has 1 aromatic rings. The Morgan fingerprint density at radius 2 is 2.18 bits per heavy atom. The van der Waals surface area contributed by atoms with Crippen LogP contribution in [0.5, 0.6) is 0 Å². The first-order valence-electron chi connectivity index (χ1n) is 5.36. The Morgan fingerprint density at radius 1 is 1.47 bits per heavy atom. The second-order valence-corrected chi connectivity index (χ2v) is 5.06. The zero-order chi connectivity index (χ0) is 12.8. The van der Waals surface area contributed by atoms with E-state index in [2.05, 4.69) is 10.6 Å². The first-order chi connectivity index (χ1) is 8.00. The average Bonchev–Trinajstić information content (AvgIpc) is 2.74. The number of carbonyl (C=O) groups excluding carboxylic acids is 2. The summed E-state index contributed by atoms with van der Waals surface area (Å²) < 4.78 is 0. The number of primary amides is 1. The minimum absolute atomic E-state index is 0.00849. The van der Waals surface area contributed by atoms with E-state index in [1.807, 2.05) is 31.4 Å². The summed E-state index contributed by atoms with van der Waals surface area (Å²) in [5.74, 6) is -0.224. The molecule has 0 aliphatic heterocycles. The van der Waals surface area contributed by atoms with Crippen LogP contribution in [0.25, 0.3) is 0 Å². The van der Waals surface area contributed by atoms with Crippen LogP contribution >= 0.6 is 11.3 Å². The molecular formula is C11H17N3O2S. The Morgan fingerprint density at radius 3 is 2.65 bits per heavy atom. The van der Waals surface area contributed by atoms with Gasteiger partial charge in [0.1, 0.15) is 6.04 Å². The molecule has 1 unspecified atom stereocenters. The van der Waals surface area contributed by atoms with Gasteiger partial charge >= 0.3 is 6.03 Å². The minimum atomic E-state index is -0.685. The fourth-order valence-corrected chi connectivity index (χ4v) is 2.03. The molecule has 0 saturated heterocycles. The molecule has 94 valence electrons. The number of amides is 3. The molecule has 1 heterocycles. The number of rotatable bonds is 5. The van der Waals surface area contributed by atoms with E-state index in [9.17, 15) is 9.59 Å². The number of hydrogen-bond donors (Lipinski definition) is 3. The minimum Gasteiger partial charge on any atom is -0.352 e. The normalized spacial score (nSPS) is 12.2. The Kier molecular flexibility index (Phi) is 4.96. The molecule has 0 aliphatic carbocycles. The van der Waals surface area contributed by atoms with Gasteiger partial charge in [0.05, 0.1) is 6.54 Å². The van der Waals surface area contributed by atoms with Gasteiger partial charge in [0.2, 0.25) is 5.91 Å². The lowest BCUT2D eigenvalue weighted by Gasteiger charge is -2.20. The van der Waals surface area contributed by atoms with Gasteiger partial charge in [-0.2, -0.15) is 0 Å². The number of nitrogens with one attached hydrogen (secondary N) is 2. The summed E-state index contributed by atoms with van der Waals surface area (Å²) in [6.45, 7) is 4.18. The molecule has 1 aromatic heterocycles. The SMILES string of the molecule is CC(C)C(NC(N)=O)C(=O)NCc1cccs1. The van der Waals surface area contributed by atoms with Gasteiger partial charge in [-0.15, -0.1) is 11.3 Å². The molecule has 0 saturated carbocycles. The molecule has 5 nitrogen and oxygen atoms in total. The standard InChI is InChI=1S/C11H17N3O2S/c1-7(2)9(14-11(12)16)10(15)13-6-8-4-3-5-17-8/h3-5,7,9H,6H2,1-2H3,(H,13,15)(H3,12,14,16). The largest absolute Gasteiger partial charge is 0.352 e. The highest BCUT2D eigenvalue weighted by atomic mass is 32.1. The van der Waals surface area contributed by atoms with Crippen molar-refractivity contribution in [2.24, 2.45) is 11.7 Å². The maximum absolute atomic E-state index is 11.8. The average molecular weight is 255 g/mol. The lowest BCUT2D eigenvalue weighted by Crippen LogP contribution is -2.51. The van der Waals surface area contributed by atoms with Crippen LogP contribution in [0.15, 0.2) is 17.5 Å². The van der Waals surface area contributed by atoms with Crippen molar-refractivity contribution in [3.63, 3.8) is 0 Å². The Balaban J connectivity index is 2.50. The number of urea groups is 1. The van der Waals surface area contributed by atoms with E-state index in [0.29, 0.717) is 6.54 Å². The van der Waals surface area contributed by atoms with E-state index in [1.165, 1.54) is 0 Å². The molecule has 4 N–H and O–H groups in total. The van der Waals surface area contributed by atoms with Crippen LogP contribution in [0.2, 0.25) is 0 Å². The maximum atomic E-state index is 11.8. The van der Waals surface area contributed by atoms with Crippen molar-refractivity contribution in [1.82, 2.24) is 10.6 Å². The summed E-state index contributed by atoms with van der Waals surface area (Å²) in [7, 11) is 0. The molecule has 0 bridgehead atoms. The molecule has 6 heteroatoms. The summed E-state index contributed by atoms with van der Waals surface area (Å²) in [6, 6.07) is 2.59. The van der Waals surface area contributed by atoms with Gasteiger partial charge in [0, 0.05) is 4.88 Å². The molecule has 0 aliphatic rings. The quantitative estimate of drug-likeness (QED) is 0.735. The summed E-state index contributed by atoms with van der Waals surface area (Å²) in [6.07, 6.45) is 0. The van der Waals surface area contributed by atoms with Crippen molar-refractivity contribution >= 4 is 23.3 Å². The van der Waals surface area contributed by atoms with Crippen molar-refractivity contribution < 1.29 is 9.59 Å². The predicted octanol–water partition coefficient (Wildman–Crippen LogP) is 1.06. The van der Waals surface area contributed by atoms with E-state index in [0.717, 1.165) is 4.88 Å². The smallest absolute Gasteiger partial charge is 0.312 e. The van der Waals surface area contributed by atoms with E-state index >= 15 is 0 Å². The predicted molar refractivity (Wildman–Crippen MR) is 67.5 cm³/mol. The lowest BCUT2D eigenvalue weighted by molar-refractivity contribution is -0.124. The highest BCUT2D eigenvalue weighted by Gasteiger charge is 2.22. The van der Waals surface area contributed by atoms with Crippen LogP contribution in [-0.2, 0) is 11.3 Å². The van der Waals surface area contributed by atoms with Crippen LogP contribution in [0, 0.1) is 5.92 Å². The Labute approximate surface area is 104 Å². The fourth-order valence-electron chi connectivity index (χ4n) is 1.39. The number of nitrogens with two attached hydrogens (primary N) is 1. The van der Waals surface area contributed by atoms with E-state index < -0.39 is 12.1 Å². The van der Waals surface area contributed by atoms with E-state index in [1.54, 1.807) is 11.3 Å². The maximum Gasteiger partial charge on any atom is 0.312 e. The second kappa shape index (κ2) is 6.24. The molecule has 3 amide bonds. The van der Waals surface area contributed by atoms with Crippen LogP contribution in [0.3, 0.4) is 0 Å². The fraction of sp³-hybridized carbons (Fsp3) is 0.455. The molecule has 0 radical (unpaired) electrons. The zero-order valence-electron chi connectivity index (χ0n) is 9.90. The molecule has 0 aromatic carbocycles. The summed E-state index contributed by atoms with van der Waals surface area (Å²) >= 11 is 1.57. The Bertz CT molecular complexity index is 376. The third-order valence-electron chi connectivity index (χ3n) is 2.26. The van der Waals surface area contributed by atoms with Gasteiger partial charge in [-0.25, -0.2) is 4.79 Å². The number of hydrogen-bond acceptors (Lipinski definition) is 3. The van der Waals surface area contributed by atoms with Crippen molar-refractivity contribution in [2.75, 3.05) is 0 Å². The summed E-state index contributed by atoms with van der Waals surface area (Å²) in [5.41, 5.74) is 5.03. The Hall–Kier alpha value is -1.56. The van der Waals surface area contributed by atoms with Gasteiger partial charge in [-0.3, -0.25) is 4.79 Å². The summed E-state index contributed by atoms with van der Waals surface area (Å²) in [4.78, 5) is 23.7. The summed E-state index contributed by atoms with van der Waals surface area (Å²) in [5, 5.41) is 7.16. The highest BCUT2D eigenvalue weighted by Crippen LogP contribution is 2.08. The van der Waals surface area contributed by atoms with E-state index in [-0.39, 0.29) is 11.8 Å². The number of carbonyl (C=O) groups is 2. The van der Waals surface area contributed by atoms with Crippen LogP contribution in [0.1, 0.15) is 18.7 Å². The van der Waals surface area contributed by atoms with Crippen LogP contribution < -0.4 is 16.4 Å². The van der Waals surface area contributed by atoms with Gasteiger partial charge in [0.25, 0.3) is 0 Å². The third kappa shape index (κ3) is 4.44. The lowest BCUT2D eigenvalue weighted by atomic mass is 10.0. The van der Waals surface area contributed by atoms with Crippen molar-refractivity contribution in [1.29, 1.82) is 0 Å². The van der Waals surface area contributed by atoms with Crippen molar-refractivity contribution in [3.8, 4) is 0 Å². The van der Waals surface area contributed by atoms with Gasteiger partial charge in [-0.05, 0) is 17.4 Å². The topological polar surface area (TPSA) is 84.2 Å². The zero-order valence-corrected chi connectivity index (χ0v) is 10.7. The van der Waals surface area contributed by atoms with Crippen LogP contribution in [-0.4, -0.2) is 18.0 Å². The highest BCUT2D eigenvalue weighted by molar-refractivity contribution is 7.09. The first kappa shape index (κ1) is 13.5. The molecular weight excluding hydrogens is 238 g/mol. The van der Waals surface area contributed by atoms with Crippen LogP contribution in [0.4, 0.5) is 4.79 Å². The van der Waals surface area contributed by atoms with E-state index in [4.69, 9.17) is 5.73 Å². The van der Waals surface area contributed by atoms with Crippen molar-refractivity contribution in [3.05, 3.63) is 22.4 Å². The number of thiophene rings is 1. The second-order valence-electron chi connectivity index (χ2n) is 4.03. The molecule has 0 fully saturated rings. The molecule has 0 spiro atoms. The van der Waals surface area contributed by atoms with Gasteiger partial charge < -0.3 is 16.4 Å². The monoisotopic (exact) mass is 255 g/mol. The van der Waals surface area contributed by atoms with Gasteiger partial charge in [0.15, 0.2) is 0 Å². The van der Waals surface area contributed by atoms with Gasteiger partial charge in [-0.1, -0.05) is 19.9 Å². The molecule has 1 atom stereocenters. The molecule has 1 rings (SSSR count). The first-order valence-corrected chi connectivity index (χ1v) is 6.24. The molecule has 17 heavy (non-hydrogen) atoms. The third-order valence-corrected chi connectivity index (χ3v) is 3.14.